The average molecular weight is 451 g/mol. The van der Waals surface area contributed by atoms with Crippen LogP contribution in [0.1, 0.15) is 22.5 Å². The summed E-state index contributed by atoms with van der Waals surface area (Å²) in [6.45, 7) is 3.02. The summed E-state index contributed by atoms with van der Waals surface area (Å²) in [6, 6.07) is 15.4. The van der Waals surface area contributed by atoms with Crippen LogP contribution in [0.5, 0.6) is 0 Å². The SMILES string of the molecule is C=C(O)CNS(=O)(=O)c1ccc(C2=CCC(NC(=O)c3cc4ccccc4o3)C=C2)cc1. The van der Waals surface area contributed by atoms with E-state index in [9.17, 15) is 13.2 Å². The Bertz CT molecular complexity index is 1300. The number of aliphatic hydroxyl groups excluding tert-OH is 1. The number of para-hydroxylation sites is 1. The Morgan fingerprint density at radius 1 is 1.16 bits per heavy atom. The number of carbonyl (C=O) groups is 1. The third-order valence-corrected chi connectivity index (χ3v) is 6.45. The minimum Gasteiger partial charge on any atom is -0.512 e. The maximum absolute atomic E-state index is 12.5. The Balaban J connectivity index is 1.38. The Kier molecular flexibility index (Phi) is 5.98. The normalized spacial score (nSPS) is 16.0. The maximum Gasteiger partial charge on any atom is 0.287 e. The predicted molar refractivity (Wildman–Crippen MR) is 123 cm³/mol. The summed E-state index contributed by atoms with van der Waals surface area (Å²) in [7, 11) is -3.73. The van der Waals surface area contributed by atoms with Crippen molar-refractivity contribution in [2.45, 2.75) is 17.4 Å². The van der Waals surface area contributed by atoms with Crippen LogP contribution < -0.4 is 10.0 Å². The van der Waals surface area contributed by atoms with Crippen molar-refractivity contribution in [2.24, 2.45) is 0 Å². The van der Waals surface area contributed by atoms with E-state index in [1.165, 1.54) is 12.1 Å². The summed E-state index contributed by atoms with van der Waals surface area (Å²) in [6.07, 6.45) is 6.37. The van der Waals surface area contributed by atoms with Gasteiger partial charge in [-0.05, 0) is 41.8 Å². The summed E-state index contributed by atoms with van der Waals surface area (Å²) in [5.74, 6) is -0.269. The van der Waals surface area contributed by atoms with Crippen LogP contribution in [-0.4, -0.2) is 32.0 Å². The van der Waals surface area contributed by atoms with Crippen LogP contribution in [0, 0.1) is 0 Å². The number of sulfonamides is 1. The summed E-state index contributed by atoms with van der Waals surface area (Å²) in [5, 5.41) is 12.9. The van der Waals surface area contributed by atoms with Crippen molar-refractivity contribution < 1.29 is 22.7 Å². The molecule has 1 aromatic heterocycles. The molecule has 0 bridgehead atoms. The number of carbonyl (C=O) groups excluding carboxylic acids is 1. The number of hydrogen-bond donors (Lipinski definition) is 3. The molecule has 1 amide bonds. The van der Waals surface area contributed by atoms with Gasteiger partial charge in [-0.3, -0.25) is 4.79 Å². The molecule has 8 heteroatoms. The van der Waals surface area contributed by atoms with Gasteiger partial charge in [0.25, 0.3) is 5.91 Å². The third kappa shape index (κ3) is 4.82. The van der Waals surface area contributed by atoms with Gasteiger partial charge in [0.1, 0.15) is 5.58 Å². The number of amides is 1. The topological polar surface area (TPSA) is 109 Å². The first-order valence-electron chi connectivity index (χ1n) is 9.96. The number of hydrogen-bond acceptors (Lipinski definition) is 5. The third-order valence-electron chi connectivity index (χ3n) is 5.03. The Labute approximate surface area is 185 Å². The molecule has 32 heavy (non-hydrogen) atoms. The minimum atomic E-state index is -3.73. The first-order valence-corrected chi connectivity index (χ1v) is 11.4. The number of fused-ring (bicyclic) bond motifs is 1. The highest BCUT2D eigenvalue weighted by molar-refractivity contribution is 7.89. The molecule has 0 saturated heterocycles. The van der Waals surface area contributed by atoms with Gasteiger partial charge in [-0.2, -0.15) is 0 Å². The van der Waals surface area contributed by atoms with Gasteiger partial charge < -0.3 is 14.8 Å². The zero-order chi connectivity index (χ0) is 22.7. The van der Waals surface area contributed by atoms with Crippen LogP contribution >= 0.6 is 0 Å². The van der Waals surface area contributed by atoms with Gasteiger partial charge >= 0.3 is 0 Å². The van der Waals surface area contributed by atoms with E-state index in [0.29, 0.717) is 12.0 Å². The number of furan rings is 1. The molecule has 2 aromatic carbocycles. The van der Waals surface area contributed by atoms with Crippen molar-refractivity contribution in [3.8, 4) is 0 Å². The first kappa shape index (κ1) is 21.6. The fraction of sp³-hybridized carbons (Fsp3) is 0.125. The van der Waals surface area contributed by atoms with Crippen LogP contribution in [0.2, 0.25) is 0 Å². The number of aliphatic hydroxyl groups is 1. The number of allylic oxidation sites excluding steroid dienone is 2. The van der Waals surface area contributed by atoms with E-state index in [-0.39, 0.29) is 34.9 Å². The average Bonchev–Trinajstić information content (AvgIpc) is 3.23. The molecule has 0 radical (unpaired) electrons. The second kappa shape index (κ2) is 8.86. The van der Waals surface area contributed by atoms with Gasteiger partial charge in [-0.25, -0.2) is 13.1 Å². The summed E-state index contributed by atoms with van der Waals surface area (Å²) >= 11 is 0. The highest BCUT2D eigenvalue weighted by atomic mass is 32.2. The van der Waals surface area contributed by atoms with Crippen molar-refractivity contribution in [1.82, 2.24) is 10.0 Å². The van der Waals surface area contributed by atoms with Crippen LogP contribution in [0.25, 0.3) is 16.5 Å². The molecule has 1 aliphatic rings. The molecule has 3 N–H and O–H groups in total. The number of nitrogens with one attached hydrogen (secondary N) is 2. The van der Waals surface area contributed by atoms with Gasteiger partial charge in [-0.15, -0.1) is 0 Å². The monoisotopic (exact) mass is 450 g/mol. The quantitative estimate of drug-likeness (QED) is 0.473. The smallest absolute Gasteiger partial charge is 0.287 e. The lowest BCUT2D eigenvalue weighted by molar-refractivity contribution is 0.0919. The van der Waals surface area contributed by atoms with Crippen LogP contribution in [-0.2, 0) is 10.0 Å². The highest BCUT2D eigenvalue weighted by Gasteiger charge is 2.18. The van der Waals surface area contributed by atoms with Gasteiger partial charge in [0.15, 0.2) is 5.76 Å². The summed E-state index contributed by atoms with van der Waals surface area (Å²) < 4.78 is 32.3. The Morgan fingerprint density at radius 2 is 1.91 bits per heavy atom. The maximum atomic E-state index is 12.5. The molecule has 4 rings (SSSR count). The largest absolute Gasteiger partial charge is 0.512 e. The van der Waals surface area contributed by atoms with E-state index >= 15 is 0 Å². The lowest BCUT2D eigenvalue weighted by atomic mass is 9.97. The molecule has 1 aliphatic carbocycles. The van der Waals surface area contributed by atoms with Crippen molar-refractivity contribution >= 4 is 32.5 Å². The van der Waals surface area contributed by atoms with Crippen LogP contribution in [0.15, 0.2) is 94.5 Å². The number of rotatable bonds is 7. The Morgan fingerprint density at radius 3 is 2.56 bits per heavy atom. The molecule has 1 atom stereocenters. The van der Waals surface area contributed by atoms with E-state index in [0.717, 1.165) is 16.5 Å². The molecule has 7 nitrogen and oxygen atoms in total. The van der Waals surface area contributed by atoms with E-state index < -0.39 is 10.0 Å². The second-order valence-electron chi connectivity index (χ2n) is 7.40. The second-order valence-corrected chi connectivity index (χ2v) is 9.16. The fourth-order valence-electron chi connectivity index (χ4n) is 3.36. The van der Waals surface area contributed by atoms with Crippen LogP contribution in [0.4, 0.5) is 0 Å². The van der Waals surface area contributed by atoms with Gasteiger partial charge in [0, 0.05) is 5.39 Å². The molecular formula is C24H22N2O5S. The first-order chi connectivity index (χ1) is 15.3. The zero-order valence-electron chi connectivity index (χ0n) is 17.1. The van der Waals surface area contributed by atoms with Crippen molar-refractivity contribution in [1.29, 1.82) is 0 Å². The lowest BCUT2D eigenvalue weighted by Gasteiger charge is -2.17. The van der Waals surface area contributed by atoms with Gasteiger partial charge in [0.05, 0.1) is 23.2 Å². The lowest BCUT2D eigenvalue weighted by Crippen LogP contribution is -2.33. The minimum absolute atomic E-state index is 0.0962. The molecule has 1 heterocycles. The molecule has 0 saturated carbocycles. The zero-order valence-corrected chi connectivity index (χ0v) is 17.9. The highest BCUT2D eigenvalue weighted by Crippen LogP contribution is 2.24. The van der Waals surface area contributed by atoms with Gasteiger partial charge in [-0.1, -0.05) is 55.1 Å². The van der Waals surface area contributed by atoms with Crippen molar-refractivity contribution in [2.75, 3.05) is 6.54 Å². The number of benzene rings is 2. The summed E-state index contributed by atoms with van der Waals surface area (Å²) in [4.78, 5) is 12.6. The standard InChI is InChI=1S/C24H22N2O5S/c1-16(27)15-25-32(29,30)21-12-8-18(9-13-21)17-6-10-20(11-7-17)26-24(28)23-14-19-4-2-3-5-22(19)31-23/h2-10,12-14,20,25,27H,1,11,15H2,(H,26,28). The fourth-order valence-corrected chi connectivity index (χ4v) is 4.38. The van der Waals surface area contributed by atoms with Crippen molar-refractivity contribution in [3.05, 3.63) is 96.5 Å². The van der Waals surface area contributed by atoms with Crippen LogP contribution in [0.3, 0.4) is 0 Å². The summed E-state index contributed by atoms with van der Waals surface area (Å²) in [5.41, 5.74) is 2.45. The molecule has 0 fully saturated rings. The molecule has 164 valence electrons. The van der Waals surface area contributed by atoms with E-state index in [1.54, 1.807) is 18.2 Å². The molecular weight excluding hydrogens is 428 g/mol. The molecule has 1 unspecified atom stereocenters. The van der Waals surface area contributed by atoms with E-state index in [2.05, 4.69) is 16.6 Å². The predicted octanol–water partition coefficient (Wildman–Crippen LogP) is 3.92. The van der Waals surface area contributed by atoms with E-state index in [1.807, 2.05) is 42.5 Å². The molecule has 0 spiro atoms. The van der Waals surface area contributed by atoms with Gasteiger partial charge in [0.2, 0.25) is 10.0 Å². The molecule has 0 aliphatic heterocycles. The molecule has 3 aromatic rings. The van der Waals surface area contributed by atoms with Crippen molar-refractivity contribution in [3.63, 3.8) is 0 Å². The van der Waals surface area contributed by atoms with E-state index in [4.69, 9.17) is 9.52 Å². The Hall–Kier alpha value is -3.62.